The standard InChI is InChI=1S/C41H27BrN2/c1-41(2)32-19-20-33(42)29-18-16-24-22-31-28-13-7-9-15-35(28)44(40(31)39(41)37(24)38(29)32)26-17-21-36-30(23-26)27-12-6-8-14-34(27)43(36)25-10-4-3-5-11-25/h3-23H,1-2H3. The smallest absolute Gasteiger partial charge is 0.0588 e. The molecule has 0 spiro atoms. The Balaban J connectivity index is 1.37. The maximum atomic E-state index is 3.86. The first-order valence-corrected chi connectivity index (χ1v) is 16.0. The molecule has 2 aromatic heterocycles. The fourth-order valence-corrected chi connectivity index (χ4v) is 8.70. The number of rotatable bonds is 2. The van der Waals surface area contributed by atoms with Gasteiger partial charge in [0.1, 0.15) is 0 Å². The van der Waals surface area contributed by atoms with Gasteiger partial charge in [-0.15, -0.1) is 0 Å². The average Bonchev–Trinajstić information content (AvgIpc) is 3.64. The number of para-hydroxylation sites is 3. The van der Waals surface area contributed by atoms with Crippen LogP contribution in [-0.2, 0) is 5.41 Å². The number of fused-ring (bicyclic) bond motifs is 7. The Hall–Kier alpha value is -4.86. The summed E-state index contributed by atoms with van der Waals surface area (Å²) in [5.74, 6) is 0. The molecule has 0 saturated heterocycles. The lowest BCUT2D eigenvalue weighted by atomic mass is 9.80. The van der Waals surface area contributed by atoms with Crippen molar-refractivity contribution < 1.29 is 0 Å². The molecule has 2 heterocycles. The molecule has 3 heteroatoms. The summed E-state index contributed by atoms with van der Waals surface area (Å²) >= 11 is 3.86. The molecule has 1 aliphatic rings. The van der Waals surface area contributed by atoms with Crippen LogP contribution in [0, 0.1) is 0 Å². The van der Waals surface area contributed by atoms with Crippen LogP contribution >= 0.6 is 15.9 Å². The van der Waals surface area contributed by atoms with Crippen molar-refractivity contribution in [2.24, 2.45) is 0 Å². The van der Waals surface area contributed by atoms with Gasteiger partial charge in [-0.1, -0.05) is 103 Å². The van der Waals surface area contributed by atoms with Gasteiger partial charge < -0.3 is 9.13 Å². The van der Waals surface area contributed by atoms with Gasteiger partial charge in [-0.05, 0) is 87.3 Å². The minimum Gasteiger partial charge on any atom is -0.309 e. The fraction of sp³-hybridized carbons (Fsp3) is 0.0732. The first kappa shape index (κ1) is 24.6. The quantitative estimate of drug-likeness (QED) is 0.169. The Morgan fingerprint density at radius 3 is 1.98 bits per heavy atom. The Kier molecular flexibility index (Phi) is 4.69. The van der Waals surface area contributed by atoms with Gasteiger partial charge in [0.15, 0.2) is 0 Å². The summed E-state index contributed by atoms with van der Waals surface area (Å²) in [4.78, 5) is 0. The second-order valence-corrected chi connectivity index (χ2v) is 13.6. The van der Waals surface area contributed by atoms with E-state index in [1.807, 2.05) is 0 Å². The van der Waals surface area contributed by atoms with Crippen LogP contribution in [0.3, 0.4) is 0 Å². The average molecular weight is 628 g/mol. The zero-order valence-corrected chi connectivity index (χ0v) is 26.0. The fourth-order valence-electron chi connectivity index (χ4n) is 8.24. The predicted octanol–water partition coefficient (Wildman–Crippen LogP) is 11.6. The summed E-state index contributed by atoms with van der Waals surface area (Å²) in [6.07, 6.45) is 0. The summed E-state index contributed by atoms with van der Waals surface area (Å²) in [6, 6.07) is 47.0. The van der Waals surface area contributed by atoms with Crippen LogP contribution in [0.2, 0.25) is 0 Å². The van der Waals surface area contributed by atoms with E-state index in [-0.39, 0.29) is 5.41 Å². The van der Waals surface area contributed by atoms with Crippen LogP contribution in [0.5, 0.6) is 0 Å². The van der Waals surface area contributed by atoms with Gasteiger partial charge in [0.25, 0.3) is 0 Å². The monoisotopic (exact) mass is 626 g/mol. The third-order valence-corrected chi connectivity index (χ3v) is 10.8. The van der Waals surface area contributed by atoms with Crippen LogP contribution in [-0.4, -0.2) is 9.13 Å². The van der Waals surface area contributed by atoms with Crippen LogP contribution in [0.15, 0.2) is 132 Å². The lowest BCUT2D eigenvalue weighted by Crippen LogP contribution is -2.17. The minimum atomic E-state index is -0.153. The molecule has 1 aliphatic carbocycles. The molecule has 10 rings (SSSR count). The molecule has 0 saturated carbocycles. The molecule has 7 aromatic carbocycles. The molecule has 9 aromatic rings. The van der Waals surface area contributed by atoms with Crippen LogP contribution < -0.4 is 0 Å². The molecule has 2 nitrogen and oxygen atoms in total. The van der Waals surface area contributed by atoms with Gasteiger partial charge in [-0.3, -0.25) is 0 Å². The first-order chi connectivity index (χ1) is 21.5. The highest BCUT2D eigenvalue weighted by atomic mass is 79.9. The largest absolute Gasteiger partial charge is 0.309 e. The van der Waals surface area contributed by atoms with Gasteiger partial charge in [-0.25, -0.2) is 0 Å². The van der Waals surface area contributed by atoms with Gasteiger partial charge in [0.05, 0.1) is 22.1 Å². The summed E-state index contributed by atoms with van der Waals surface area (Å²) in [5, 5.41) is 10.5. The highest BCUT2D eigenvalue weighted by Crippen LogP contribution is 2.54. The third-order valence-electron chi connectivity index (χ3n) is 10.1. The van der Waals surface area contributed by atoms with E-state index < -0.39 is 0 Å². The zero-order chi connectivity index (χ0) is 29.3. The SMILES string of the molecule is CC1(C)c2ccc(Br)c3ccc4cc5c6ccccc6n(-c6ccc7c(c6)c6ccccc6n7-c6ccccc6)c5c1c4c23. The number of aromatic nitrogens is 2. The number of hydrogen-bond acceptors (Lipinski definition) is 0. The van der Waals surface area contributed by atoms with Crippen molar-refractivity contribution in [2.45, 2.75) is 19.3 Å². The Bertz CT molecular complexity index is 2690. The highest BCUT2D eigenvalue weighted by Gasteiger charge is 2.38. The molecular formula is C41H27BrN2. The van der Waals surface area contributed by atoms with E-state index in [9.17, 15) is 0 Å². The van der Waals surface area contributed by atoms with E-state index in [0.29, 0.717) is 0 Å². The normalized spacial score (nSPS) is 14.0. The second-order valence-electron chi connectivity index (χ2n) is 12.7. The Morgan fingerprint density at radius 1 is 0.500 bits per heavy atom. The molecule has 0 atom stereocenters. The third kappa shape index (κ3) is 2.95. The minimum absolute atomic E-state index is 0.153. The molecule has 0 amide bonds. The lowest BCUT2D eigenvalue weighted by molar-refractivity contribution is 0.666. The number of halogens is 1. The highest BCUT2D eigenvalue weighted by molar-refractivity contribution is 9.10. The van der Waals surface area contributed by atoms with E-state index in [1.165, 1.54) is 87.7 Å². The van der Waals surface area contributed by atoms with Crippen molar-refractivity contribution >= 4 is 81.1 Å². The van der Waals surface area contributed by atoms with Crippen molar-refractivity contribution in [3.63, 3.8) is 0 Å². The molecule has 0 aliphatic heterocycles. The second kappa shape index (κ2) is 8.40. The number of hydrogen-bond donors (Lipinski definition) is 0. The molecule has 44 heavy (non-hydrogen) atoms. The van der Waals surface area contributed by atoms with Crippen molar-refractivity contribution in [1.82, 2.24) is 9.13 Å². The Morgan fingerprint density at radius 2 is 1.18 bits per heavy atom. The number of benzene rings is 7. The molecule has 0 fully saturated rings. The Labute approximate surface area is 262 Å². The lowest BCUT2D eigenvalue weighted by Gasteiger charge is -2.24. The molecule has 0 N–H and O–H groups in total. The van der Waals surface area contributed by atoms with Crippen LogP contribution in [0.25, 0.3) is 76.5 Å². The molecule has 208 valence electrons. The summed E-state index contributed by atoms with van der Waals surface area (Å²) < 4.78 is 6.08. The van der Waals surface area contributed by atoms with Gasteiger partial charge in [-0.2, -0.15) is 0 Å². The predicted molar refractivity (Wildman–Crippen MR) is 190 cm³/mol. The van der Waals surface area contributed by atoms with E-state index in [4.69, 9.17) is 0 Å². The van der Waals surface area contributed by atoms with Gasteiger partial charge >= 0.3 is 0 Å². The first-order valence-electron chi connectivity index (χ1n) is 15.2. The number of nitrogens with zero attached hydrogens (tertiary/aromatic N) is 2. The van der Waals surface area contributed by atoms with Gasteiger partial charge in [0, 0.05) is 42.8 Å². The topological polar surface area (TPSA) is 9.86 Å². The van der Waals surface area contributed by atoms with Crippen LogP contribution in [0.1, 0.15) is 25.0 Å². The molecule has 0 unspecified atom stereocenters. The van der Waals surface area contributed by atoms with Crippen molar-refractivity contribution in [3.8, 4) is 11.4 Å². The van der Waals surface area contributed by atoms with E-state index in [0.717, 1.165) is 4.47 Å². The molecular weight excluding hydrogens is 600 g/mol. The summed E-state index contributed by atoms with van der Waals surface area (Å²) in [5.41, 5.74) is 10.0. The molecule has 0 bridgehead atoms. The van der Waals surface area contributed by atoms with Crippen molar-refractivity contribution in [2.75, 3.05) is 0 Å². The van der Waals surface area contributed by atoms with Crippen molar-refractivity contribution in [1.29, 1.82) is 0 Å². The summed E-state index contributed by atoms with van der Waals surface area (Å²) in [7, 11) is 0. The molecule has 0 radical (unpaired) electrons. The van der Waals surface area contributed by atoms with E-state index in [1.54, 1.807) is 0 Å². The van der Waals surface area contributed by atoms with E-state index >= 15 is 0 Å². The van der Waals surface area contributed by atoms with Gasteiger partial charge in [0.2, 0.25) is 0 Å². The maximum absolute atomic E-state index is 3.86. The van der Waals surface area contributed by atoms with Crippen LogP contribution in [0.4, 0.5) is 0 Å². The van der Waals surface area contributed by atoms with Crippen molar-refractivity contribution in [3.05, 3.63) is 143 Å². The maximum Gasteiger partial charge on any atom is 0.0588 e. The summed E-state index contributed by atoms with van der Waals surface area (Å²) in [6.45, 7) is 4.81. The van der Waals surface area contributed by atoms with E-state index in [2.05, 4.69) is 166 Å². The zero-order valence-electron chi connectivity index (χ0n) is 24.4.